The van der Waals surface area contributed by atoms with Crippen molar-refractivity contribution in [1.29, 1.82) is 0 Å². The highest BCUT2D eigenvalue weighted by atomic mass is 35.5. The fraction of sp³-hybridized carbons (Fsp3) is 0.875. The number of nitrogens with one attached hydrogen (secondary N) is 1. The molecule has 2 N–H and O–H groups in total. The summed E-state index contributed by atoms with van der Waals surface area (Å²) in [5.41, 5.74) is 0. The van der Waals surface area contributed by atoms with Crippen LogP contribution in [0.2, 0.25) is 0 Å². The van der Waals surface area contributed by atoms with Crippen molar-refractivity contribution in [2.75, 3.05) is 13.1 Å². The van der Waals surface area contributed by atoms with E-state index in [1.165, 1.54) is 0 Å². The first-order valence-electron chi connectivity index (χ1n) is 4.15. The molecule has 0 spiro atoms. The van der Waals surface area contributed by atoms with Gasteiger partial charge in [0.1, 0.15) is 0 Å². The molecule has 0 radical (unpaired) electrons. The summed E-state index contributed by atoms with van der Waals surface area (Å²) in [7, 11) is 0. The van der Waals surface area contributed by atoms with Crippen molar-refractivity contribution in [1.82, 2.24) is 5.32 Å². The van der Waals surface area contributed by atoms with Crippen LogP contribution in [-0.2, 0) is 4.79 Å². The highest BCUT2D eigenvalue weighted by Gasteiger charge is 2.24. The molecule has 1 aliphatic rings. The molecule has 4 heteroatoms. The average Bonchev–Trinajstić information content (AvgIpc) is 2.05. The second-order valence-electron chi connectivity index (χ2n) is 3.21. The molecule has 12 heavy (non-hydrogen) atoms. The Labute approximate surface area is 78.9 Å². The number of hydrogen-bond acceptors (Lipinski definition) is 2. The van der Waals surface area contributed by atoms with Crippen LogP contribution in [0, 0.1) is 11.8 Å². The Hall–Kier alpha value is -0.280. The van der Waals surface area contributed by atoms with Crippen LogP contribution in [0.3, 0.4) is 0 Å². The summed E-state index contributed by atoms with van der Waals surface area (Å²) in [6, 6.07) is 0. The lowest BCUT2D eigenvalue weighted by Gasteiger charge is -2.25. The molecule has 0 aromatic heterocycles. The van der Waals surface area contributed by atoms with Crippen LogP contribution in [0.25, 0.3) is 0 Å². The molecule has 0 aromatic carbocycles. The SMILES string of the molecule is CC(C(=O)O)C1CCNCC1.Cl. The summed E-state index contributed by atoms with van der Waals surface area (Å²) < 4.78 is 0. The number of carbonyl (C=O) groups is 1. The number of piperidine rings is 1. The lowest BCUT2D eigenvalue weighted by molar-refractivity contribution is -0.143. The van der Waals surface area contributed by atoms with E-state index >= 15 is 0 Å². The van der Waals surface area contributed by atoms with Gasteiger partial charge in [-0.25, -0.2) is 0 Å². The van der Waals surface area contributed by atoms with E-state index in [1.807, 2.05) is 0 Å². The normalized spacial score (nSPS) is 21.1. The second-order valence-corrected chi connectivity index (χ2v) is 3.21. The van der Waals surface area contributed by atoms with Crippen molar-refractivity contribution < 1.29 is 9.90 Å². The maximum Gasteiger partial charge on any atom is 0.306 e. The molecule has 72 valence electrons. The minimum atomic E-state index is -0.656. The molecule has 0 aromatic rings. The van der Waals surface area contributed by atoms with Gasteiger partial charge in [-0.1, -0.05) is 6.92 Å². The average molecular weight is 194 g/mol. The lowest BCUT2D eigenvalue weighted by Crippen LogP contribution is -2.33. The van der Waals surface area contributed by atoms with E-state index in [-0.39, 0.29) is 18.3 Å². The Balaban J connectivity index is 0.00000121. The molecule has 1 aliphatic heterocycles. The molecule has 0 aliphatic carbocycles. The Morgan fingerprint density at radius 3 is 2.42 bits per heavy atom. The Kier molecular flexibility index (Phi) is 5.25. The molecular weight excluding hydrogens is 178 g/mol. The van der Waals surface area contributed by atoms with E-state index < -0.39 is 5.97 Å². The van der Waals surface area contributed by atoms with E-state index in [4.69, 9.17) is 5.11 Å². The van der Waals surface area contributed by atoms with Crippen LogP contribution in [0.4, 0.5) is 0 Å². The van der Waals surface area contributed by atoms with Gasteiger partial charge in [0.05, 0.1) is 5.92 Å². The fourth-order valence-electron chi connectivity index (χ4n) is 1.55. The van der Waals surface area contributed by atoms with Gasteiger partial charge in [0.2, 0.25) is 0 Å². The van der Waals surface area contributed by atoms with Gasteiger partial charge < -0.3 is 10.4 Å². The van der Waals surface area contributed by atoms with E-state index in [0.717, 1.165) is 25.9 Å². The first-order valence-corrected chi connectivity index (χ1v) is 4.15. The number of hydrogen-bond donors (Lipinski definition) is 2. The topological polar surface area (TPSA) is 49.3 Å². The molecule has 1 atom stereocenters. The van der Waals surface area contributed by atoms with Crippen LogP contribution in [0.5, 0.6) is 0 Å². The molecule has 1 fully saturated rings. The number of rotatable bonds is 2. The maximum absolute atomic E-state index is 10.6. The smallest absolute Gasteiger partial charge is 0.306 e. The van der Waals surface area contributed by atoms with Gasteiger partial charge in [0.25, 0.3) is 0 Å². The Bertz CT molecular complexity index is 146. The first-order chi connectivity index (χ1) is 5.22. The summed E-state index contributed by atoms with van der Waals surface area (Å²) in [5, 5.41) is 11.9. The zero-order chi connectivity index (χ0) is 8.27. The second kappa shape index (κ2) is 5.38. The summed E-state index contributed by atoms with van der Waals surface area (Å²) in [4.78, 5) is 10.6. The fourth-order valence-corrected chi connectivity index (χ4v) is 1.55. The minimum Gasteiger partial charge on any atom is -0.481 e. The number of carboxylic acids is 1. The minimum absolute atomic E-state index is 0. The van der Waals surface area contributed by atoms with E-state index in [2.05, 4.69) is 5.32 Å². The van der Waals surface area contributed by atoms with Crippen LogP contribution in [0.1, 0.15) is 19.8 Å². The summed E-state index contributed by atoms with van der Waals surface area (Å²) in [5.74, 6) is -0.442. The molecule has 0 bridgehead atoms. The standard InChI is InChI=1S/C8H15NO2.ClH/c1-6(8(10)11)7-2-4-9-5-3-7;/h6-7,9H,2-5H2,1H3,(H,10,11);1H. The van der Waals surface area contributed by atoms with Crippen LogP contribution in [0.15, 0.2) is 0 Å². The highest BCUT2D eigenvalue weighted by Crippen LogP contribution is 2.21. The molecule has 1 heterocycles. The van der Waals surface area contributed by atoms with Gasteiger partial charge in [-0.15, -0.1) is 12.4 Å². The zero-order valence-electron chi connectivity index (χ0n) is 7.25. The molecule has 0 amide bonds. The van der Waals surface area contributed by atoms with Crippen molar-refractivity contribution in [3.8, 4) is 0 Å². The van der Waals surface area contributed by atoms with Gasteiger partial charge in [0, 0.05) is 0 Å². The summed E-state index contributed by atoms with van der Waals surface area (Å²) in [6.07, 6.45) is 2.01. The van der Waals surface area contributed by atoms with Crippen LogP contribution >= 0.6 is 12.4 Å². The number of aliphatic carboxylic acids is 1. The van der Waals surface area contributed by atoms with Crippen molar-refractivity contribution >= 4 is 18.4 Å². The monoisotopic (exact) mass is 193 g/mol. The zero-order valence-corrected chi connectivity index (χ0v) is 8.06. The van der Waals surface area contributed by atoms with Crippen molar-refractivity contribution in [2.24, 2.45) is 11.8 Å². The quantitative estimate of drug-likeness (QED) is 0.691. The van der Waals surface area contributed by atoms with Gasteiger partial charge in [0.15, 0.2) is 0 Å². The Morgan fingerprint density at radius 2 is 2.00 bits per heavy atom. The van der Waals surface area contributed by atoms with Gasteiger partial charge in [-0.05, 0) is 31.8 Å². The highest BCUT2D eigenvalue weighted by molar-refractivity contribution is 5.85. The van der Waals surface area contributed by atoms with Gasteiger partial charge >= 0.3 is 5.97 Å². The van der Waals surface area contributed by atoms with E-state index in [0.29, 0.717) is 5.92 Å². The molecule has 3 nitrogen and oxygen atoms in total. The Morgan fingerprint density at radius 1 is 1.50 bits per heavy atom. The van der Waals surface area contributed by atoms with Crippen molar-refractivity contribution in [3.05, 3.63) is 0 Å². The van der Waals surface area contributed by atoms with E-state index in [9.17, 15) is 4.79 Å². The van der Waals surface area contributed by atoms with E-state index in [1.54, 1.807) is 6.92 Å². The number of carboxylic acid groups (broad SMARTS) is 1. The summed E-state index contributed by atoms with van der Waals surface area (Å²) >= 11 is 0. The number of halogens is 1. The molecule has 1 unspecified atom stereocenters. The van der Waals surface area contributed by atoms with Gasteiger partial charge in [-0.2, -0.15) is 0 Å². The molecular formula is C8H16ClNO2. The molecule has 1 rings (SSSR count). The first kappa shape index (κ1) is 11.7. The maximum atomic E-state index is 10.6. The predicted molar refractivity (Wildman–Crippen MR) is 49.6 cm³/mol. The third-order valence-corrected chi connectivity index (χ3v) is 2.48. The summed E-state index contributed by atoms with van der Waals surface area (Å²) in [6.45, 7) is 3.75. The predicted octanol–water partition coefficient (Wildman–Crippen LogP) is 1.13. The van der Waals surface area contributed by atoms with Crippen LogP contribution in [-0.4, -0.2) is 24.2 Å². The third kappa shape index (κ3) is 2.99. The molecule has 1 saturated heterocycles. The largest absolute Gasteiger partial charge is 0.481 e. The van der Waals surface area contributed by atoms with Crippen molar-refractivity contribution in [2.45, 2.75) is 19.8 Å². The molecule has 0 saturated carbocycles. The lowest BCUT2D eigenvalue weighted by atomic mass is 9.86. The third-order valence-electron chi connectivity index (χ3n) is 2.48. The van der Waals surface area contributed by atoms with Crippen LogP contribution < -0.4 is 5.32 Å². The van der Waals surface area contributed by atoms with Crippen molar-refractivity contribution in [3.63, 3.8) is 0 Å². The van der Waals surface area contributed by atoms with Gasteiger partial charge in [-0.3, -0.25) is 4.79 Å².